The number of nitrogens with one attached hydrogen (secondary N) is 1. The molecule has 0 heterocycles. The molecule has 4 heteroatoms. The number of ether oxygens (including phenoxy) is 2. The summed E-state index contributed by atoms with van der Waals surface area (Å²) in [5.41, 5.74) is 1.87. The van der Waals surface area contributed by atoms with E-state index in [1.54, 1.807) is 7.11 Å². The zero-order chi connectivity index (χ0) is 15.8. The van der Waals surface area contributed by atoms with Gasteiger partial charge in [0.15, 0.2) is 0 Å². The van der Waals surface area contributed by atoms with Crippen molar-refractivity contribution in [1.82, 2.24) is 0 Å². The number of rotatable bonds is 7. The van der Waals surface area contributed by atoms with Gasteiger partial charge in [-0.1, -0.05) is 18.2 Å². The molecule has 0 spiro atoms. The van der Waals surface area contributed by atoms with E-state index in [9.17, 15) is 4.79 Å². The van der Waals surface area contributed by atoms with Gasteiger partial charge in [-0.25, -0.2) is 0 Å². The number of hydrogen-bond donors (Lipinski definition) is 1. The lowest BCUT2D eigenvalue weighted by atomic mass is 10.1. The van der Waals surface area contributed by atoms with E-state index in [1.165, 1.54) is 0 Å². The van der Waals surface area contributed by atoms with Gasteiger partial charge in [-0.3, -0.25) is 4.79 Å². The predicted octanol–water partition coefficient (Wildman–Crippen LogP) is 3.67. The second-order valence-corrected chi connectivity index (χ2v) is 4.86. The lowest BCUT2D eigenvalue weighted by Gasteiger charge is -2.08. The van der Waals surface area contributed by atoms with Gasteiger partial charge in [-0.2, -0.15) is 0 Å². The van der Waals surface area contributed by atoms with Gasteiger partial charge in [0.1, 0.15) is 11.5 Å². The third-order valence-corrected chi connectivity index (χ3v) is 3.23. The highest BCUT2D eigenvalue weighted by molar-refractivity contribution is 5.91. The van der Waals surface area contributed by atoms with Crippen LogP contribution >= 0.6 is 0 Å². The Kier molecular flexibility index (Phi) is 5.83. The third kappa shape index (κ3) is 4.81. The van der Waals surface area contributed by atoms with E-state index in [2.05, 4.69) is 5.32 Å². The minimum atomic E-state index is -0.00975. The summed E-state index contributed by atoms with van der Waals surface area (Å²) in [7, 11) is 1.64. The van der Waals surface area contributed by atoms with E-state index in [0.717, 1.165) is 22.7 Å². The van der Waals surface area contributed by atoms with Gasteiger partial charge in [-0.05, 0) is 43.2 Å². The Balaban J connectivity index is 1.85. The van der Waals surface area contributed by atoms with Gasteiger partial charge in [0, 0.05) is 18.2 Å². The van der Waals surface area contributed by atoms with Crippen molar-refractivity contribution in [2.24, 2.45) is 0 Å². The monoisotopic (exact) mass is 299 g/mol. The molecule has 0 radical (unpaired) electrons. The Bertz CT molecular complexity index is 608. The fourth-order valence-corrected chi connectivity index (χ4v) is 2.10. The number of carbonyl (C=O) groups excluding carboxylic acids is 1. The van der Waals surface area contributed by atoms with Crippen molar-refractivity contribution in [1.29, 1.82) is 0 Å². The van der Waals surface area contributed by atoms with Crippen LogP contribution in [0.3, 0.4) is 0 Å². The summed E-state index contributed by atoms with van der Waals surface area (Å²) < 4.78 is 10.5. The molecule has 22 heavy (non-hydrogen) atoms. The number of aryl methyl sites for hydroxylation is 1. The molecule has 1 N–H and O–H groups in total. The van der Waals surface area contributed by atoms with Crippen molar-refractivity contribution >= 4 is 11.6 Å². The van der Waals surface area contributed by atoms with E-state index < -0.39 is 0 Å². The highest BCUT2D eigenvalue weighted by Crippen LogP contribution is 2.18. The zero-order valence-electron chi connectivity index (χ0n) is 13.0. The fourth-order valence-electron chi connectivity index (χ4n) is 2.10. The lowest BCUT2D eigenvalue weighted by Crippen LogP contribution is -2.12. The van der Waals surface area contributed by atoms with Gasteiger partial charge >= 0.3 is 0 Å². The first-order chi connectivity index (χ1) is 10.7. The van der Waals surface area contributed by atoms with E-state index >= 15 is 0 Å². The Labute approximate surface area is 131 Å². The third-order valence-electron chi connectivity index (χ3n) is 3.23. The first kappa shape index (κ1) is 15.9. The molecule has 0 fully saturated rings. The van der Waals surface area contributed by atoms with Crippen LogP contribution in [0.4, 0.5) is 5.69 Å². The summed E-state index contributed by atoms with van der Waals surface area (Å²) in [6.45, 7) is 2.54. The van der Waals surface area contributed by atoms with Crippen LogP contribution in [0, 0.1) is 0 Å². The molecule has 4 nitrogen and oxygen atoms in total. The van der Waals surface area contributed by atoms with Gasteiger partial charge < -0.3 is 14.8 Å². The first-order valence-corrected chi connectivity index (χ1v) is 7.37. The fraction of sp³-hybridized carbons (Fsp3) is 0.278. The largest absolute Gasteiger partial charge is 0.497 e. The summed E-state index contributed by atoms with van der Waals surface area (Å²) in [6.07, 6.45) is 1.13. The Hall–Kier alpha value is -2.49. The number of carbonyl (C=O) groups is 1. The number of hydrogen-bond acceptors (Lipinski definition) is 3. The highest BCUT2D eigenvalue weighted by Gasteiger charge is 2.04. The smallest absolute Gasteiger partial charge is 0.224 e. The van der Waals surface area contributed by atoms with Gasteiger partial charge in [0.2, 0.25) is 5.91 Å². The second kappa shape index (κ2) is 8.08. The summed E-state index contributed by atoms with van der Waals surface area (Å²) in [4.78, 5) is 12.0. The number of methoxy groups -OCH3 is 1. The molecule has 1 amide bonds. The predicted molar refractivity (Wildman–Crippen MR) is 87.6 cm³/mol. The van der Waals surface area contributed by atoms with Crippen LogP contribution in [-0.4, -0.2) is 19.6 Å². The van der Waals surface area contributed by atoms with E-state index in [-0.39, 0.29) is 5.91 Å². The number of benzene rings is 2. The van der Waals surface area contributed by atoms with Crippen molar-refractivity contribution in [3.63, 3.8) is 0 Å². The summed E-state index contributed by atoms with van der Waals surface area (Å²) in [6, 6.07) is 15.2. The summed E-state index contributed by atoms with van der Waals surface area (Å²) in [5.74, 6) is 1.57. The van der Waals surface area contributed by atoms with Crippen LogP contribution in [0.25, 0.3) is 0 Å². The maximum Gasteiger partial charge on any atom is 0.224 e. The molecular weight excluding hydrogens is 278 g/mol. The van der Waals surface area contributed by atoms with E-state index in [1.807, 2.05) is 55.5 Å². The van der Waals surface area contributed by atoms with Crippen molar-refractivity contribution in [3.8, 4) is 11.5 Å². The quantitative estimate of drug-likeness (QED) is 0.848. The minimum absolute atomic E-state index is 0.00975. The number of anilines is 1. The average Bonchev–Trinajstić information content (AvgIpc) is 2.54. The van der Waals surface area contributed by atoms with Crippen LogP contribution in [-0.2, 0) is 11.2 Å². The van der Waals surface area contributed by atoms with Crippen molar-refractivity contribution in [2.45, 2.75) is 19.8 Å². The second-order valence-electron chi connectivity index (χ2n) is 4.86. The molecular formula is C18H21NO3. The maximum absolute atomic E-state index is 12.0. The molecule has 0 aliphatic heterocycles. The van der Waals surface area contributed by atoms with Crippen LogP contribution < -0.4 is 14.8 Å². The van der Waals surface area contributed by atoms with Gasteiger partial charge in [0.05, 0.1) is 13.7 Å². The molecule has 0 atom stereocenters. The molecule has 116 valence electrons. The Morgan fingerprint density at radius 2 is 1.86 bits per heavy atom. The highest BCUT2D eigenvalue weighted by atomic mass is 16.5. The minimum Gasteiger partial charge on any atom is -0.497 e. The zero-order valence-corrected chi connectivity index (χ0v) is 13.0. The molecule has 0 saturated carbocycles. The molecule has 2 aromatic carbocycles. The molecule has 0 aliphatic carbocycles. The molecule has 2 rings (SSSR count). The van der Waals surface area contributed by atoms with Crippen LogP contribution in [0.15, 0.2) is 48.5 Å². The van der Waals surface area contributed by atoms with Crippen LogP contribution in [0.1, 0.15) is 18.9 Å². The summed E-state index contributed by atoms with van der Waals surface area (Å²) in [5, 5.41) is 2.89. The molecule has 0 aromatic heterocycles. The number of amides is 1. The molecule has 0 saturated heterocycles. The van der Waals surface area contributed by atoms with Crippen LogP contribution in [0.5, 0.6) is 11.5 Å². The lowest BCUT2D eigenvalue weighted by molar-refractivity contribution is -0.116. The Morgan fingerprint density at radius 3 is 2.55 bits per heavy atom. The molecule has 0 aliphatic rings. The van der Waals surface area contributed by atoms with Crippen molar-refractivity contribution in [2.75, 3.05) is 19.0 Å². The molecule has 0 bridgehead atoms. The average molecular weight is 299 g/mol. The standard InChI is InChI=1S/C18H21NO3/c1-3-22-17-6-4-5-15(13-17)19-18(20)12-9-14-7-10-16(21-2)11-8-14/h4-8,10-11,13H,3,9,12H2,1-2H3,(H,19,20). The summed E-state index contributed by atoms with van der Waals surface area (Å²) >= 11 is 0. The van der Waals surface area contributed by atoms with Gasteiger partial charge in [-0.15, -0.1) is 0 Å². The van der Waals surface area contributed by atoms with Crippen LogP contribution in [0.2, 0.25) is 0 Å². The van der Waals surface area contributed by atoms with Gasteiger partial charge in [0.25, 0.3) is 0 Å². The topological polar surface area (TPSA) is 47.6 Å². The molecule has 0 unspecified atom stereocenters. The maximum atomic E-state index is 12.0. The first-order valence-electron chi connectivity index (χ1n) is 7.37. The van der Waals surface area contributed by atoms with Crippen molar-refractivity contribution < 1.29 is 14.3 Å². The van der Waals surface area contributed by atoms with E-state index in [4.69, 9.17) is 9.47 Å². The Morgan fingerprint density at radius 1 is 1.09 bits per heavy atom. The SMILES string of the molecule is CCOc1cccc(NC(=O)CCc2ccc(OC)cc2)c1. The molecule has 2 aromatic rings. The van der Waals surface area contributed by atoms with E-state index in [0.29, 0.717) is 19.4 Å². The van der Waals surface area contributed by atoms with Crippen molar-refractivity contribution in [3.05, 3.63) is 54.1 Å². The normalized spacial score (nSPS) is 10.1.